The van der Waals surface area contributed by atoms with Gasteiger partial charge < -0.3 is 15.4 Å². The fourth-order valence-electron chi connectivity index (χ4n) is 2.55. The topological polar surface area (TPSA) is 55.6 Å². The van der Waals surface area contributed by atoms with Crippen molar-refractivity contribution in [2.75, 3.05) is 17.2 Å². The summed E-state index contributed by atoms with van der Waals surface area (Å²) in [5.41, 5.74) is 7.29. The minimum Gasteiger partial charge on any atom is -0.479 e. The molecule has 96 valence electrons. The monoisotopic (exact) mass is 246 g/mol. The number of nitrogens with zero attached hydrogens (tertiary/aromatic N) is 1. The maximum Gasteiger partial charge on any atom is 0.267 e. The average Bonchev–Trinajstić information content (AvgIpc) is 2.27. The molecule has 0 bridgehead atoms. The number of rotatable bonds is 2. The minimum atomic E-state index is -0.417. The van der Waals surface area contributed by atoms with Crippen LogP contribution in [0.15, 0.2) is 18.2 Å². The van der Waals surface area contributed by atoms with Crippen molar-refractivity contribution in [3.05, 3.63) is 18.2 Å². The molecule has 1 aliphatic heterocycles. The molecular weight excluding hydrogens is 228 g/mol. The highest BCUT2D eigenvalue weighted by Gasteiger charge is 2.34. The van der Waals surface area contributed by atoms with Gasteiger partial charge in [-0.1, -0.05) is 6.42 Å². The Morgan fingerprint density at radius 2 is 2.22 bits per heavy atom. The van der Waals surface area contributed by atoms with Crippen LogP contribution in [0.2, 0.25) is 0 Å². The number of amides is 1. The summed E-state index contributed by atoms with van der Waals surface area (Å²) in [5.74, 6) is 1.42. The number of fused-ring (bicyclic) bond motifs is 1. The van der Waals surface area contributed by atoms with Crippen LogP contribution < -0.4 is 15.4 Å². The van der Waals surface area contributed by atoms with Gasteiger partial charge in [-0.25, -0.2) is 0 Å². The summed E-state index contributed by atoms with van der Waals surface area (Å²) in [4.78, 5) is 14.1. The van der Waals surface area contributed by atoms with Crippen LogP contribution in [0, 0.1) is 5.92 Å². The zero-order valence-corrected chi connectivity index (χ0v) is 10.6. The molecule has 0 aromatic heterocycles. The van der Waals surface area contributed by atoms with Crippen molar-refractivity contribution in [2.24, 2.45) is 5.92 Å². The Balaban J connectivity index is 1.93. The number of nitrogen functional groups attached to an aromatic ring is 1. The lowest BCUT2D eigenvalue weighted by Gasteiger charge is -2.37. The fourth-order valence-corrected chi connectivity index (χ4v) is 2.55. The van der Waals surface area contributed by atoms with Crippen molar-refractivity contribution in [1.82, 2.24) is 0 Å². The first-order valence-electron chi connectivity index (χ1n) is 6.52. The van der Waals surface area contributed by atoms with Crippen LogP contribution >= 0.6 is 0 Å². The van der Waals surface area contributed by atoms with E-state index in [-0.39, 0.29) is 5.91 Å². The van der Waals surface area contributed by atoms with Crippen molar-refractivity contribution in [3.8, 4) is 5.75 Å². The maximum absolute atomic E-state index is 12.2. The molecule has 2 aliphatic rings. The number of anilines is 2. The van der Waals surface area contributed by atoms with Crippen LogP contribution in [0.4, 0.5) is 11.4 Å². The van der Waals surface area contributed by atoms with E-state index in [9.17, 15) is 4.79 Å². The standard InChI is InChI=1S/C14H18N2O2/c1-9-14(17)16(8-10-3-2-4-10)12-6-5-11(15)7-13(12)18-9/h5-7,9-10H,2-4,8,15H2,1H3. The zero-order valence-electron chi connectivity index (χ0n) is 10.6. The van der Waals surface area contributed by atoms with Gasteiger partial charge in [0.15, 0.2) is 6.10 Å². The van der Waals surface area contributed by atoms with Crippen LogP contribution in [0.25, 0.3) is 0 Å². The minimum absolute atomic E-state index is 0.0548. The van der Waals surface area contributed by atoms with Crippen LogP contribution in [0.3, 0.4) is 0 Å². The molecule has 1 unspecified atom stereocenters. The number of hydrogen-bond donors (Lipinski definition) is 1. The molecule has 1 fully saturated rings. The number of hydrogen-bond acceptors (Lipinski definition) is 3. The van der Waals surface area contributed by atoms with E-state index in [4.69, 9.17) is 10.5 Å². The Labute approximate surface area is 107 Å². The van der Waals surface area contributed by atoms with Crippen molar-refractivity contribution in [2.45, 2.75) is 32.3 Å². The highest BCUT2D eigenvalue weighted by Crippen LogP contribution is 2.38. The molecule has 1 aromatic carbocycles. The third kappa shape index (κ3) is 1.82. The summed E-state index contributed by atoms with van der Waals surface area (Å²) in [6.45, 7) is 2.60. The molecule has 0 saturated heterocycles. The largest absolute Gasteiger partial charge is 0.479 e. The predicted octanol–water partition coefficient (Wildman–Crippen LogP) is 2.18. The lowest BCUT2D eigenvalue weighted by atomic mass is 9.85. The van der Waals surface area contributed by atoms with Gasteiger partial charge in [0.05, 0.1) is 5.69 Å². The number of benzene rings is 1. The Morgan fingerprint density at radius 3 is 2.89 bits per heavy atom. The van der Waals surface area contributed by atoms with Crippen molar-refractivity contribution in [3.63, 3.8) is 0 Å². The zero-order chi connectivity index (χ0) is 12.7. The van der Waals surface area contributed by atoms with Gasteiger partial charge in [-0.2, -0.15) is 0 Å². The van der Waals surface area contributed by atoms with Crippen molar-refractivity contribution >= 4 is 17.3 Å². The Bertz CT molecular complexity index is 483. The van der Waals surface area contributed by atoms with E-state index in [1.165, 1.54) is 19.3 Å². The number of nitrogens with two attached hydrogens (primary N) is 1. The molecule has 3 rings (SSSR count). The van der Waals surface area contributed by atoms with E-state index >= 15 is 0 Å². The molecule has 4 nitrogen and oxygen atoms in total. The third-order valence-electron chi connectivity index (χ3n) is 3.86. The quantitative estimate of drug-likeness (QED) is 0.814. The lowest BCUT2D eigenvalue weighted by molar-refractivity contribution is -0.125. The number of carbonyl (C=O) groups is 1. The Kier molecular flexibility index (Phi) is 2.65. The molecule has 18 heavy (non-hydrogen) atoms. The van der Waals surface area contributed by atoms with Gasteiger partial charge in [0.25, 0.3) is 5.91 Å². The summed E-state index contributed by atoms with van der Waals surface area (Å²) in [6.07, 6.45) is 3.32. The first-order chi connectivity index (χ1) is 8.65. The molecule has 1 saturated carbocycles. The van der Waals surface area contributed by atoms with Gasteiger partial charge in [-0.05, 0) is 37.8 Å². The molecule has 0 radical (unpaired) electrons. The van der Waals surface area contributed by atoms with Crippen LogP contribution in [-0.2, 0) is 4.79 Å². The van der Waals surface area contributed by atoms with Crippen molar-refractivity contribution < 1.29 is 9.53 Å². The fraction of sp³-hybridized carbons (Fsp3) is 0.500. The van der Waals surface area contributed by atoms with Gasteiger partial charge in [-0.3, -0.25) is 4.79 Å². The highest BCUT2D eigenvalue weighted by atomic mass is 16.5. The number of ether oxygens (including phenoxy) is 1. The second-order valence-corrected chi connectivity index (χ2v) is 5.23. The van der Waals surface area contributed by atoms with Crippen molar-refractivity contribution in [1.29, 1.82) is 0 Å². The smallest absolute Gasteiger partial charge is 0.267 e. The Hall–Kier alpha value is -1.71. The molecule has 1 aliphatic carbocycles. The molecule has 1 amide bonds. The van der Waals surface area contributed by atoms with E-state index in [1.807, 2.05) is 17.0 Å². The second-order valence-electron chi connectivity index (χ2n) is 5.23. The van der Waals surface area contributed by atoms with E-state index in [0.29, 0.717) is 11.6 Å². The van der Waals surface area contributed by atoms with E-state index < -0.39 is 6.10 Å². The summed E-state index contributed by atoms with van der Waals surface area (Å²) in [7, 11) is 0. The van der Waals surface area contributed by atoms with Gasteiger partial charge in [0.2, 0.25) is 0 Å². The maximum atomic E-state index is 12.2. The van der Waals surface area contributed by atoms with E-state index in [0.717, 1.165) is 18.0 Å². The lowest BCUT2D eigenvalue weighted by Crippen LogP contribution is -2.47. The van der Waals surface area contributed by atoms with Crippen LogP contribution in [0.5, 0.6) is 5.75 Å². The Morgan fingerprint density at radius 1 is 1.44 bits per heavy atom. The second kappa shape index (κ2) is 4.19. The predicted molar refractivity (Wildman–Crippen MR) is 70.6 cm³/mol. The van der Waals surface area contributed by atoms with Gasteiger partial charge in [0.1, 0.15) is 5.75 Å². The third-order valence-corrected chi connectivity index (χ3v) is 3.86. The summed E-state index contributed by atoms with van der Waals surface area (Å²) in [5, 5.41) is 0. The number of carbonyl (C=O) groups excluding carboxylic acids is 1. The normalized spacial score (nSPS) is 23.3. The molecular formula is C14H18N2O2. The van der Waals surface area contributed by atoms with Gasteiger partial charge in [-0.15, -0.1) is 0 Å². The van der Waals surface area contributed by atoms with E-state index in [1.54, 1.807) is 13.0 Å². The molecule has 4 heteroatoms. The summed E-state index contributed by atoms with van der Waals surface area (Å²) >= 11 is 0. The van der Waals surface area contributed by atoms with Gasteiger partial charge in [0, 0.05) is 18.3 Å². The van der Waals surface area contributed by atoms with Crippen LogP contribution in [-0.4, -0.2) is 18.6 Å². The SMILES string of the molecule is CC1Oc2cc(N)ccc2N(CC2CCC2)C1=O. The highest BCUT2D eigenvalue weighted by molar-refractivity contribution is 6.00. The molecule has 1 heterocycles. The summed E-state index contributed by atoms with van der Waals surface area (Å²) in [6, 6.07) is 5.50. The van der Waals surface area contributed by atoms with Crippen LogP contribution in [0.1, 0.15) is 26.2 Å². The molecule has 1 atom stereocenters. The molecule has 0 spiro atoms. The molecule has 2 N–H and O–H groups in total. The van der Waals surface area contributed by atoms with Gasteiger partial charge >= 0.3 is 0 Å². The van der Waals surface area contributed by atoms with E-state index in [2.05, 4.69) is 0 Å². The first-order valence-corrected chi connectivity index (χ1v) is 6.52. The average molecular weight is 246 g/mol. The first kappa shape index (κ1) is 11.4. The molecule has 1 aromatic rings. The summed E-state index contributed by atoms with van der Waals surface area (Å²) < 4.78 is 5.62.